The van der Waals surface area contributed by atoms with Gasteiger partial charge in [0.2, 0.25) is 5.91 Å². The third-order valence-corrected chi connectivity index (χ3v) is 5.02. The number of anilines is 1. The van der Waals surface area contributed by atoms with Gasteiger partial charge < -0.3 is 15.4 Å². The SMILES string of the molecule is CCCCN1C(=O)NC(c2cccc(NC(=O)CC(C)(C)C)c2)C(C(=O)OCC)=C1C. The largest absolute Gasteiger partial charge is 0.463 e. The molecule has 1 aliphatic rings. The van der Waals surface area contributed by atoms with Crippen LogP contribution in [0.2, 0.25) is 0 Å². The van der Waals surface area contributed by atoms with Crippen molar-refractivity contribution in [3.05, 3.63) is 41.1 Å². The summed E-state index contributed by atoms with van der Waals surface area (Å²) in [5.41, 5.74) is 2.21. The first-order chi connectivity index (χ1) is 14.6. The monoisotopic (exact) mass is 429 g/mol. The lowest BCUT2D eigenvalue weighted by Crippen LogP contribution is -2.48. The Bertz CT molecular complexity index is 855. The number of benzene rings is 1. The summed E-state index contributed by atoms with van der Waals surface area (Å²) in [6.07, 6.45) is 2.16. The van der Waals surface area contributed by atoms with E-state index in [0.717, 1.165) is 12.8 Å². The number of carbonyl (C=O) groups excluding carboxylic acids is 3. The molecule has 1 aliphatic heterocycles. The van der Waals surface area contributed by atoms with Gasteiger partial charge in [-0.1, -0.05) is 46.2 Å². The highest BCUT2D eigenvalue weighted by atomic mass is 16.5. The zero-order valence-corrected chi connectivity index (χ0v) is 19.5. The second-order valence-corrected chi connectivity index (χ2v) is 9.02. The Morgan fingerprint density at radius 1 is 1.23 bits per heavy atom. The minimum absolute atomic E-state index is 0.0830. The van der Waals surface area contributed by atoms with Crippen molar-refractivity contribution in [2.45, 2.75) is 66.8 Å². The van der Waals surface area contributed by atoms with Crippen LogP contribution in [0.3, 0.4) is 0 Å². The van der Waals surface area contributed by atoms with Gasteiger partial charge in [-0.3, -0.25) is 9.69 Å². The fourth-order valence-electron chi connectivity index (χ4n) is 3.57. The maximum Gasteiger partial charge on any atom is 0.338 e. The Kier molecular flexibility index (Phi) is 8.25. The fraction of sp³-hybridized carbons (Fsp3) is 0.542. The zero-order chi connectivity index (χ0) is 23.2. The second kappa shape index (κ2) is 10.5. The molecule has 0 bridgehead atoms. The van der Waals surface area contributed by atoms with Gasteiger partial charge in [0.25, 0.3) is 0 Å². The van der Waals surface area contributed by atoms with Crippen molar-refractivity contribution in [1.29, 1.82) is 0 Å². The molecule has 3 amide bonds. The van der Waals surface area contributed by atoms with Gasteiger partial charge in [0, 0.05) is 24.4 Å². The Morgan fingerprint density at radius 2 is 1.94 bits per heavy atom. The molecule has 0 spiro atoms. The molecule has 0 aromatic heterocycles. The van der Waals surface area contributed by atoms with Gasteiger partial charge in [0.05, 0.1) is 18.2 Å². The molecule has 1 unspecified atom stereocenters. The lowest BCUT2D eigenvalue weighted by atomic mass is 9.92. The summed E-state index contributed by atoms with van der Waals surface area (Å²) in [4.78, 5) is 39.6. The molecule has 1 heterocycles. The molecule has 0 radical (unpaired) electrons. The van der Waals surface area contributed by atoms with Crippen LogP contribution in [-0.4, -0.2) is 36.0 Å². The van der Waals surface area contributed by atoms with Gasteiger partial charge in [0.15, 0.2) is 0 Å². The highest BCUT2D eigenvalue weighted by Crippen LogP contribution is 2.32. The van der Waals surface area contributed by atoms with E-state index >= 15 is 0 Å². The maximum absolute atomic E-state index is 12.8. The van der Waals surface area contributed by atoms with Crippen LogP contribution in [0.15, 0.2) is 35.5 Å². The van der Waals surface area contributed by atoms with Crippen molar-refractivity contribution in [2.24, 2.45) is 5.41 Å². The van der Waals surface area contributed by atoms with Crippen LogP contribution in [-0.2, 0) is 14.3 Å². The van der Waals surface area contributed by atoms with Gasteiger partial charge in [-0.05, 0) is 43.4 Å². The van der Waals surface area contributed by atoms with Crippen molar-refractivity contribution in [2.75, 3.05) is 18.5 Å². The normalized spacial score (nSPS) is 16.8. The first-order valence-corrected chi connectivity index (χ1v) is 10.9. The predicted molar refractivity (Wildman–Crippen MR) is 121 cm³/mol. The quantitative estimate of drug-likeness (QED) is 0.583. The number of allylic oxidation sites excluding steroid dienone is 1. The van der Waals surface area contributed by atoms with E-state index in [1.165, 1.54) is 0 Å². The van der Waals surface area contributed by atoms with Crippen LogP contribution in [0.5, 0.6) is 0 Å². The summed E-state index contributed by atoms with van der Waals surface area (Å²) in [5.74, 6) is -0.533. The molecule has 2 rings (SSSR count). The summed E-state index contributed by atoms with van der Waals surface area (Å²) in [6.45, 7) is 12.4. The maximum atomic E-state index is 12.8. The highest BCUT2D eigenvalue weighted by molar-refractivity contribution is 5.95. The Morgan fingerprint density at radius 3 is 2.55 bits per heavy atom. The Hall–Kier alpha value is -2.83. The van der Waals surface area contributed by atoms with Crippen LogP contribution in [0.1, 0.15) is 72.4 Å². The summed E-state index contributed by atoms with van der Waals surface area (Å²) < 4.78 is 5.30. The number of hydrogen-bond acceptors (Lipinski definition) is 4. The molecular formula is C24H35N3O4. The minimum atomic E-state index is -0.649. The van der Waals surface area contributed by atoms with Gasteiger partial charge in [-0.2, -0.15) is 0 Å². The topological polar surface area (TPSA) is 87.7 Å². The number of nitrogens with zero attached hydrogens (tertiary/aromatic N) is 1. The molecule has 170 valence electrons. The van der Waals surface area contributed by atoms with E-state index in [4.69, 9.17) is 4.74 Å². The van der Waals surface area contributed by atoms with E-state index in [0.29, 0.717) is 35.5 Å². The second-order valence-electron chi connectivity index (χ2n) is 9.02. The minimum Gasteiger partial charge on any atom is -0.463 e. The van der Waals surface area contributed by atoms with Crippen molar-refractivity contribution in [3.63, 3.8) is 0 Å². The van der Waals surface area contributed by atoms with Crippen molar-refractivity contribution >= 4 is 23.6 Å². The lowest BCUT2D eigenvalue weighted by Gasteiger charge is -2.35. The van der Waals surface area contributed by atoms with E-state index in [2.05, 4.69) is 17.6 Å². The molecule has 1 aromatic rings. The molecule has 2 N–H and O–H groups in total. The molecular weight excluding hydrogens is 394 g/mol. The van der Waals surface area contributed by atoms with Gasteiger partial charge in [-0.25, -0.2) is 9.59 Å². The third kappa shape index (κ3) is 6.57. The molecule has 7 nitrogen and oxygen atoms in total. The van der Waals surface area contributed by atoms with Gasteiger partial charge in [0.1, 0.15) is 0 Å². The number of ether oxygens (including phenoxy) is 1. The van der Waals surface area contributed by atoms with Crippen LogP contribution in [0.25, 0.3) is 0 Å². The molecule has 31 heavy (non-hydrogen) atoms. The molecule has 1 aromatic carbocycles. The average Bonchev–Trinajstić information content (AvgIpc) is 2.66. The number of urea groups is 1. The first-order valence-electron chi connectivity index (χ1n) is 10.9. The third-order valence-electron chi connectivity index (χ3n) is 5.02. The van der Waals surface area contributed by atoms with Crippen LogP contribution >= 0.6 is 0 Å². The fourth-order valence-corrected chi connectivity index (χ4v) is 3.57. The van der Waals surface area contributed by atoms with E-state index in [1.54, 1.807) is 36.9 Å². The van der Waals surface area contributed by atoms with Crippen molar-refractivity contribution < 1.29 is 19.1 Å². The van der Waals surface area contributed by atoms with Crippen LogP contribution < -0.4 is 10.6 Å². The predicted octanol–water partition coefficient (Wildman–Crippen LogP) is 4.76. The standard InChI is InChI=1S/C24H35N3O4/c1-7-9-13-27-16(3)20(22(29)31-8-2)21(26-23(27)30)17-11-10-12-18(14-17)25-19(28)15-24(4,5)6/h10-12,14,21H,7-9,13,15H2,1-6H3,(H,25,28)(H,26,30). The van der Waals surface area contributed by atoms with E-state index in [9.17, 15) is 14.4 Å². The number of unbranched alkanes of at least 4 members (excludes halogenated alkanes) is 1. The molecule has 0 saturated heterocycles. The lowest BCUT2D eigenvalue weighted by molar-refractivity contribution is -0.139. The summed E-state index contributed by atoms with van der Waals surface area (Å²) in [6, 6.07) is 6.33. The Labute approximate surface area is 185 Å². The number of carbonyl (C=O) groups is 3. The smallest absolute Gasteiger partial charge is 0.338 e. The number of esters is 1. The number of nitrogens with one attached hydrogen (secondary N) is 2. The van der Waals surface area contributed by atoms with Crippen LogP contribution in [0, 0.1) is 5.41 Å². The van der Waals surface area contributed by atoms with E-state index in [1.807, 2.05) is 26.8 Å². The number of hydrogen-bond donors (Lipinski definition) is 2. The summed E-state index contributed by atoms with van der Waals surface area (Å²) in [5, 5.41) is 5.86. The van der Waals surface area contributed by atoms with Gasteiger partial charge in [-0.15, -0.1) is 0 Å². The van der Waals surface area contributed by atoms with Crippen molar-refractivity contribution in [1.82, 2.24) is 10.2 Å². The molecule has 0 aliphatic carbocycles. The molecule has 0 saturated carbocycles. The summed E-state index contributed by atoms with van der Waals surface area (Å²) >= 11 is 0. The molecule has 1 atom stereocenters. The number of amides is 3. The highest BCUT2D eigenvalue weighted by Gasteiger charge is 2.36. The summed E-state index contributed by atoms with van der Waals surface area (Å²) in [7, 11) is 0. The van der Waals surface area contributed by atoms with E-state index in [-0.39, 0.29) is 24.0 Å². The van der Waals surface area contributed by atoms with Crippen LogP contribution in [0.4, 0.5) is 10.5 Å². The molecule has 0 fully saturated rings. The first kappa shape index (κ1) is 24.4. The molecule has 7 heteroatoms. The Balaban J connectivity index is 2.38. The zero-order valence-electron chi connectivity index (χ0n) is 19.5. The average molecular weight is 430 g/mol. The van der Waals surface area contributed by atoms with Crippen molar-refractivity contribution in [3.8, 4) is 0 Å². The van der Waals surface area contributed by atoms with E-state index < -0.39 is 12.0 Å². The number of rotatable bonds is 8. The van der Waals surface area contributed by atoms with Gasteiger partial charge >= 0.3 is 12.0 Å².